The van der Waals surface area contributed by atoms with Crippen LogP contribution in [0.1, 0.15) is 33.1 Å². The van der Waals surface area contributed by atoms with Gasteiger partial charge in [0.05, 0.1) is 12.4 Å². The van der Waals surface area contributed by atoms with Crippen molar-refractivity contribution < 1.29 is 39.5 Å². The van der Waals surface area contributed by atoms with E-state index in [4.69, 9.17) is 0 Å². The van der Waals surface area contributed by atoms with Crippen LogP contribution < -0.4 is 10.2 Å². The van der Waals surface area contributed by atoms with E-state index in [0.717, 1.165) is 0 Å². The van der Waals surface area contributed by atoms with E-state index in [1.54, 1.807) is 13.8 Å². The van der Waals surface area contributed by atoms with Crippen LogP contribution in [0.25, 0.3) is 0 Å². The molecule has 2 atom stereocenters. The molecule has 0 fully saturated rings. The number of aliphatic hydroxyl groups is 2. The van der Waals surface area contributed by atoms with Crippen LogP contribution in [0.5, 0.6) is 0 Å². The SMILES string of the molecule is CC(C)CC(O)OC(=O)CC(O)(CC(=O)[O-])C(=O)[O-]. The Hall–Kier alpha value is -1.67. The van der Waals surface area contributed by atoms with Gasteiger partial charge in [-0.1, -0.05) is 13.8 Å². The highest BCUT2D eigenvalue weighted by atomic mass is 16.6. The molecule has 0 aliphatic carbocycles. The maximum absolute atomic E-state index is 11.3. The number of aliphatic carboxylic acids is 2. The molecule has 0 radical (unpaired) electrons. The lowest BCUT2D eigenvalue weighted by atomic mass is 9.96. The fourth-order valence-corrected chi connectivity index (χ4v) is 1.33. The quantitative estimate of drug-likeness (QED) is 0.350. The molecule has 2 N–H and O–H groups in total. The van der Waals surface area contributed by atoms with Gasteiger partial charge < -0.3 is 34.8 Å². The predicted molar refractivity (Wildman–Crippen MR) is 55.8 cm³/mol. The van der Waals surface area contributed by atoms with Crippen LogP contribution >= 0.6 is 0 Å². The van der Waals surface area contributed by atoms with E-state index in [-0.39, 0.29) is 12.3 Å². The first-order valence-corrected chi connectivity index (χ1v) is 5.58. The molecule has 0 saturated carbocycles. The Bertz CT molecular complexity index is 351. The van der Waals surface area contributed by atoms with Gasteiger partial charge in [-0.25, -0.2) is 0 Å². The van der Waals surface area contributed by atoms with Crippen molar-refractivity contribution in [2.45, 2.75) is 45.0 Å². The summed E-state index contributed by atoms with van der Waals surface area (Å²) in [6, 6.07) is 0. The molecule has 110 valence electrons. The van der Waals surface area contributed by atoms with E-state index in [1.165, 1.54) is 0 Å². The molecule has 0 aliphatic heterocycles. The van der Waals surface area contributed by atoms with Gasteiger partial charge in [-0.15, -0.1) is 0 Å². The van der Waals surface area contributed by atoms with E-state index in [2.05, 4.69) is 4.74 Å². The molecule has 0 amide bonds. The van der Waals surface area contributed by atoms with Crippen molar-refractivity contribution in [3.05, 3.63) is 0 Å². The molecule has 19 heavy (non-hydrogen) atoms. The van der Waals surface area contributed by atoms with Gasteiger partial charge in [0.1, 0.15) is 5.60 Å². The van der Waals surface area contributed by atoms with Gasteiger partial charge >= 0.3 is 5.97 Å². The van der Waals surface area contributed by atoms with Crippen LogP contribution in [-0.4, -0.2) is 40.0 Å². The summed E-state index contributed by atoms with van der Waals surface area (Å²) in [7, 11) is 0. The molecule has 0 spiro atoms. The Morgan fingerprint density at radius 1 is 1.21 bits per heavy atom. The predicted octanol–water partition coefficient (Wildman–Crippen LogP) is -3.09. The Labute approximate surface area is 109 Å². The number of carbonyl (C=O) groups excluding carboxylic acids is 3. The summed E-state index contributed by atoms with van der Waals surface area (Å²) >= 11 is 0. The zero-order chi connectivity index (χ0) is 15.2. The molecule has 0 aromatic carbocycles. The summed E-state index contributed by atoms with van der Waals surface area (Å²) in [5.74, 6) is -5.22. The van der Waals surface area contributed by atoms with Crippen LogP contribution in [0.15, 0.2) is 0 Å². The molecule has 2 unspecified atom stereocenters. The molecule has 0 bridgehead atoms. The monoisotopic (exact) mass is 276 g/mol. The lowest BCUT2D eigenvalue weighted by Crippen LogP contribution is -2.53. The highest BCUT2D eigenvalue weighted by Gasteiger charge is 2.33. The molecule has 0 aromatic heterocycles. The minimum atomic E-state index is -2.92. The lowest BCUT2D eigenvalue weighted by molar-refractivity contribution is -0.334. The second-order valence-corrected chi connectivity index (χ2v) is 4.62. The summed E-state index contributed by atoms with van der Waals surface area (Å²) in [6.07, 6.45) is -3.81. The molecule has 0 aromatic rings. The molecule has 8 heteroatoms. The number of carboxylic acid groups (broad SMARTS) is 2. The van der Waals surface area contributed by atoms with Crippen LogP contribution in [0.3, 0.4) is 0 Å². The first-order chi connectivity index (χ1) is 8.56. The van der Waals surface area contributed by atoms with Crippen LogP contribution in [0.4, 0.5) is 0 Å². The van der Waals surface area contributed by atoms with Crippen molar-refractivity contribution in [2.75, 3.05) is 0 Å². The van der Waals surface area contributed by atoms with Gasteiger partial charge in [0.25, 0.3) is 0 Å². The number of hydrogen-bond acceptors (Lipinski definition) is 8. The first-order valence-electron chi connectivity index (χ1n) is 5.58. The Balaban J connectivity index is 4.56. The van der Waals surface area contributed by atoms with Gasteiger partial charge in [-0.3, -0.25) is 4.79 Å². The highest BCUT2D eigenvalue weighted by Crippen LogP contribution is 2.16. The molecular formula is C11H16O8-2. The van der Waals surface area contributed by atoms with Gasteiger partial charge in [0, 0.05) is 18.8 Å². The second kappa shape index (κ2) is 7.05. The average Bonchev–Trinajstić information content (AvgIpc) is 2.12. The number of aliphatic hydroxyl groups excluding tert-OH is 1. The first kappa shape index (κ1) is 17.3. The maximum atomic E-state index is 11.3. The molecule has 0 rings (SSSR count). The van der Waals surface area contributed by atoms with Crippen molar-refractivity contribution in [3.63, 3.8) is 0 Å². The summed E-state index contributed by atoms with van der Waals surface area (Å²) in [5, 5.41) is 39.7. The summed E-state index contributed by atoms with van der Waals surface area (Å²) in [6.45, 7) is 3.51. The summed E-state index contributed by atoms with van der Waals surface area (Å²) in [5.41, 5.74) is -2.92. The number of hydrogen-bond donors (Lipinski definition) is 2. The Morgan fingerprint density at radius 3 is 2.11 bits per heavy atom. The minimum Gasteiger partial charge on any atom is -0.550 e. The van der Waals surface area contributed by atoms with Crippen molar-refractivity contribution in [3.8, 4) is 0 Å². The number of carboxylic acids is 2. The molecule has 8 nitrogen and oxygen atoms in total. The zero-order valence-electron chi connectivity index (χ0n) is 10.6. The van der Waals surface area contributed by atoms with Crippen LogP contribution in [-0.2, 0) is 19.1 Å². The van der Waals surface area contributed by atoms with Crippen molar-refractivity contribution in [2.24, 2.45) is 5.92 Å². The third-order valence-electron chi connectivity index (χ3n) is 2.19. The zero-order valence-corrected chi connectivity index (χ0v) is 10.6. The third kappa shape index (κ3) is 6.73. The largest absolute Gasteiger partial charge is 0.550 e. The van der Waals surface area contributed by atoms with Gasteiger partial charge in [0.2, 0.25) is 6.29 Å². The molecule has 0 saturated heterocycles. The third-order valence-corrected chi connectivity index (χ3v) is 2.19. The average molecular weight is 276 g/mol. The van der Waals surface area contributed by atoms with Crippen LogP contribution in [0, 0.1) is 5.92 Å². The topological polar surface area (TPSA) is 147 Å². The minimum absolute atomic E-state index is 0.0195. The van der Waals surface area contributed by atoms with Gasteiger partial charge in [-0.2, -0.15) is 0 Å². The summed E-state index contributed by atoms with van der Waals surface area (Å²) < 4.78 is 4.44. The maximum Gasteiger partial charge on any atom is 0.311 e. The number of rotatable bonds is 8. The number of ether oxygens (including phenoxy) is 1. The lowest BCUT2D eigenvalue weighted by Gasteiger charge is -2.28. The molecule has 0 heterocycles. The number of carbonyl (C=O) groups is 3. The van der Waals surface area contributed by atoms with Crippen molar-refractivity contribution in [1.29, 1.82) is 0 Å². The van der Waals surface area contributed by atoms with Crippen LogP contribution in [0.2, 0.25) is 0 Å². The van der Waals surface area contributed by atoms with Gasteiger partial charge in [-0.05, 0) is 5.92 Å². The Morgan fingerprint density at radius 2 is 1.74 bits per heavy atom. The van der Waals surface area contributed by atoms with E-state index in [0.29, 0.717) is 0 Å². The second-order valence-electron chi connectivity index (χ2n) is 4.62. The van der Waals surface area contributed by atoms with E-state index >= 15 is 0 Å². The highest BCUT2D eigenvalue weighted by molar-refractivity contribution is 5.87. The standard InChI is InChI=1S/C11H18O8/c1-6(2)3-8(14)19-9(15)5-11(18,10(16)17)4-7(12)13/h6,8,14,18H,3-5H2,1-2H3,(H,12,13)(H,16,17)/p-2. The van der Waals surface area contributed by atoms with E-state index < -0.39 is 42.6 Å². The fraction of sp³-hybridized carbons (Fsp3) is 0.727. The smallest absolute Gasteiger partial charge is 0.311 e. The van der Waals surface area contributed by atoms with E-state index in [9.17, 15) is 34.8 Å². The van der Waals surface area contributed by atoms with Gasteiger partial charge in [0.15, 0.2) is 0 Å². The Kier molecular flexibility index (Phi) is 6.43. The van der Waals surface area contributed by atoms with Crippen molar-refractivity contribution in [1.82, 2.24) is 0 Å². The fourth-order valence-electron chi connectivity index (χ4n) is 1.33. The normalized spacial score (nSPS) is 15.6. The van der Waals surface area contributed by atoms with Crippen molar-refractivity contribution >= 4 is 17.9 Å². The molecule has 0 aliphatic rings. The number of esters is 1. The summed E-state index contributed by atoms with van der Waals surface area (Å²) in [4.78, 5) is 32.2. The molecular weight excluding hydrogens is 260 g/mol. The van der Waals surface area contributed by atoms with E-state index in [1.807, 2.05) is 0 Å².